The van der Waals surface area contributed by atoms with Gasteiger partial charge in [0.15, 0.2) is 11.8 Å². The first-order valence-corrected chi connectivity index (χ1v) is 8.92. The highest BCUT2D eigenvalue weighted by atomic mass is 35.5. The van der Waals surface area contributed by atoms with Crippen molar-refractivity contribution < 1.29 is 14.5 Å². The van der Waals surface area contributed by atoms with Crippen LogP contribution in [0.2, 0.25) is 5.02 Å². The smallest absolute Gasteiger partial charge is 0.287 e. The van der Waals surface area contributed by atoms with E-state index in [2.05, 4.69) is 5.32 Å². The van der Waals surface area contributed by atoms with E-state index in [-0.39, 0.29) is 11.9 Å². The second-order valence-corrected chi connectivity index (χ2v) is 6.75. The van der Waals surface area contributed by atoms with E-state index in [0.29, 0.717) is 10.7 Å². The third-order valence-electron chi connectivity index (χ3n) is 4.35. The number of rotatable bonds is 6. The molecule has 1 amide bonds. The largest absolute Gasteiger partial charge is 0.463 e. The van der Waals surface area contributed by atoms with Gasteiger partial charge in [-0.2, -0.15) is 0 Å². The van der Waals surface area contributed by atoms with E-state index in [0.717, 1.165) is 16.9 Å². The standard InChI is InChI=1S/C21H21ClN2O2/c1-14-10-11-17(13-18(14)22)24-21(25)20(16-7-4-3-5-8-16)23-15(2)19-9-6-12-26-19/h3-13,15,20,23H,1-2H3,(H,24,25)/p+1/t15-,20+/m1/s1. The van der Waals surface area contributed by atoms with Crippen LogP contribution in [0.5, 0.6) is 0 Å². The maximum Gasteiger partial charge on any atom is 0.287 e. The summed E-state index contributed by atoms with van der Waals surface area (Å²) >= 11 is 6.17. The van der Waals surface area contributed by atoms with E-state index in [9.17, 15) is 4.79 Å². The average Bonchev–Trinajstić information content (AvgIpc) is 3.18. The first kappa shape index (κ1) is 18.2. The Morgan fingerprint density at radius 1 is 1.12 bits per heavy atom. The molecule has 5 heteroatoms. The molecule has 1 aromatic heterocycles. The lowest BCUT2D eigenvalue weighted by Crippen LogP contribution is -2.87. The van der Waals surface area contributed by atoms with Gasteiger partial charge in [0.25, 0.3) is 5.91 Å². The summed E-state index contributed by atoms with van der Waals surface area (Å²) in [7, 11) is 0. The molecule has 134 valence electrons. The molecule has 4 nitrogen and oxygen atoms in total. The zero-order valence-electron chi connectivity index (χ0n) is 14.8. The Bertz CT molecular complexity index is 863. The normalized spacial score (nSPS) is 13.2. The highest BCUT2D eigenvalue weighted by Gasteiger charge is 2.28. The molecule has 0 aliphatic heterocycles. The maximum absolute atomic E-state index is 13.0. The fourth-order valence-electron chi connectivity index (χ4n) is 2.83. The summed E-state index contributed by atoms with van der Waals surface area (Å²) in [5.41, 5.74) is 2.59. The van der Waals surface area contributed by atoms with Gasteiger partial charge in [0.1, 0.15) is 6.04 Å². The van der Waals surface area contributed by atoms with Crippen LogP contribution in [0.25, 0.3) is 0 Å². The highest BCUT2D eigenvalue weighted by molar-refractivity contribution is 6.31. The fraction of sp³-hybridized carbons (Fsp3) is 0.190. The molecule has 0 aliphatic rings. The van der Waals surface area contributed by atoms with Crippen molar-refractivity contribution >= 4 is 23.2 Å². The summed E-state index contributed by atoms with van der Waals surface area (Å²) in [6.45, 7) is 3.95. The molecular weight excluding hydrogens is 348 g/mol. The topological polar surface area (TPSA) is 58.9 Å². The number of hydrogen-bond donors (Lipinski definition) is 2. The number of aryl methyl sites for hydroxylation is 1. The summed E-state index contributed by atoms with van der Waals surface area (Å²) in [5, 5.41) is 5.60. The minimum atomic E-state index is -0.406. The first-order valence-electron chi connectivity index (χ1n) is 8.55. The van der Waals surface area contributed by atoms with E-state index in [1.54, 1.807) is 12.3 Å². The van der Waals surface area contributed by atoms with Crippen LogP contribution in [0.3, 0.4) is 0 Å². The first-order chi connectivity index (χ1) is 12.5. The molecule has 0 fully saturated rings. The van der Waals surface area contributed by atoms with Crippen LogP contribution in [0, 0.1) is 6.92 Å². The van der Waals surface area contributed by atoms with E-state index in [1.165, 1.54) is 0 Å². The number of benzene rings is 2. The fourth-order valence-corrected chi connectivity index (χ4v) is 3.02. The summed E-state index contributed by atoms with van der Waals surface area (Å²) in [6, 6.07) is 18.6. The molecule has 2 aromatic carbocycles. The summed E-state index contributed by atoms with van der Waals surface area (Å²) in [4.78, 5) is 13.0. The number of nitrogens with two attached hydrogens (primary N) is 1. The molecule has 0 radical (unpaired) electrons. The number of nitrogens with one attached hydrogen (secondary N) is 1. The zero-order chi connectivity index (χ0) is 18.5. The Hall–Kier alpha value is -2.56. The second kappa shape index (κ2) is 8.21. The van der Waals surface area contributed by atoms with Crippen LogP contribution in [0.15, 0.2) is 71.3 Å². The van der Waals surface area contributed by atoms with Crippen LogP contribution in [-0.4, -0.2) is 5.91 Å². The van der Waals surface area contributed by atoms with Gasteiger partial charge in [-0.15, -0.1) is 0 Å². The van der Waals surface area contributed by atoms with Gasteiger partial charge in [0, 0.05) is 16.3 Å². The van der Waals surface area contributed by atoms with Crippen molar-refractivity contribution in [1.82, 2.24) is 0 Å². The second-order valence-electron chi connectivity index (χ2n) is 6.34. The van der Waals surface area contributed by atoms with Crippen molar-refractivity contribution in [3.05, 3.63) is 88.8 Å². The summed E-state index contributed by atoms with van der Waals surface area (Å²) in [5.74, 6) is 0.728. The van der Waals surface area contributed by atoms with Crippen molar-refractivity contribution in [2.24, 2.45) is 0 Å². The highest BCUT2D eigenvalue weighted by Crippen LogP contribution is 2.21. The van der Waals surface area contributed by atoms with Crippen molar-refractivity contribution in [3.63, 3.8) is 0 Å². The zero-order valence-corrected chi connectivity index (χ0v) is 15.5. The SMILES string of the molecule is Cc1ccc(NC(=O)[C@@H]([NH2+][C@H](C)c2ccco2)c2ccccc2)cc1Cl. The predicted molar refractivity (Wildman–Crippen MR) is 103 cm³/mol. The number of quaternary nitrogens is 1. The molecule has 1 heterocycles. The van der Waals surface area contributed by atoms with Crippen LogP contribution < -0.4 is 10.6 Å². The molecule has 0 saturated carbocycles. The lowest BCUT2D eigenvalue weighted by Gasteiger charge is -2.19. The molecule has 26 heavy (non-hydrogen) atoms. The molecule has 0 saturated heterocycles. The van der Waals surface area contributed by atoms with Crippen LogP contribution in [0.1, 0.15) is 35.9 Å². The Morgan fingerprint density at radius 3 is 2.54 bits per heavy atom. The lowest BCUT2D eigenvalue weighted by molar-refractivity contribution is -0.720. The number of halogens is 1. The average molecular weight is 370 g/mol. The third kappa shape index (κ3) is 4.34. The molecule has 0 unspecified atom stereocenters. The van der Waals surface area contributed by atoms with E-state index >= 15 is 0 Å². The van der Waals surface area contributed by atoms with Crippen molar-refractivity contribution in [3.8, 4) is 0 Å². The molecule has 0 bridgehead atoms. The number of hydrogen-bond acceptors (Lipinski definition) is 2. The molecule has 3 rings (SSSR count). The number of amides is 1. The van der Waals surface area contributed by atoms with Gasteiger partial charge in [-0.1, -0.05) is 48.0 Å². The van der Waals surface area contributed by atoms with E-state index < -0.39 is 6.04 Å². The molecule has 2 atom stereocenters. The maximum atomic E-state index is 13.0. The van der Waals surface area contributed by atoms with Gasteiger partial charge in [0.2, 0.25) is 0 Å². The number of anilines is 1. The molecule has 3 aromatic rings. The van der Waals surface area contributed by atoms with E-state index in [1.807, 2.05) is 73.8 Å². The monoisotopic (exact) mass is 369 g/mol. The number of carbonyl (C=O) groups is 1. The van der Waals surface area contributed by atoms with Crippen LogP contribution >= 0.6 is 11.6 Å². The molecule has 0 aliphatic carbocycles. The summed E-state index contributed by atoms with van der Waals surface area (Å²) in [6.07, 6.45) is 1.64. The Labute approximate surface area is 158 Å². The Kier molecular flexibility index (Phi) is 5.76. The van der Waals surface area contributed by atoms with Crippen LogP contribution in [-0.2, 0) is 4.79 Å². The third-order valence-corrected chi connectivity index (χ3v) is 4.76. The minimum Gasteiger partial charge on any atom is -0.463 e. The van der Waals surface area contributed by atoms with Crippen molar-refractivity contribution in [2.75, 3.05) is 5.32 Å². The van der Waals surface area contributed by atoms with Gasteiger partial charge in [0.05, 0.1) is 6.26 Å². The Morgan fingerprint density at radius 2 is 1.88 bits per heavy atom. The van der Waals surface area contributed by atoms with Crippen molar-refractivity contribution in [1.29, 1.82) is 0 Å². The van der Waals surface area contributed by atoms with Gasteiger partial charge in [-0.3, -0.25) is 4.79 Å². The lowest BCUT2D eigenvalue weighted by atomic mass is 10.0. The van der Waals surface area contributed by atoms with Gasteiger partial charge in [-0.25, -0.2) is 0 Å². The number of furan rings is 1. The molecular formula is C21H22ClN2O2+. The molecule has 0 spiro atoms. The van der Waals surface area contributed by atoms with Gasteiger partial charge < -0.3 is 15.1 Å². The van der Waals surface area contributed by atoms with Gasteiger partial charge >= 0.3 is 0 Å². The quantitative estimate of drug-likeness (QED) is 0.682. The van der Waals surface area contributed by atoms with Crippen LogP contribution in [0.4, 0.5) is 5.69 Å². The number of carbonyl (C=O) groups excluding carboxylic acids is 1. The van der Waals surface area contributed by atoms with E-state index in [4.69, 9.17) is 16.0 Å². The predicted octanol–water partition coefficient (Wildman–Crippen LogP) is 4.25. The van der Waals surface area contributed by atoms with Crippen molar-refractivity contribution in [2.45, 2.75) is 25.9 Å². The molecule has 3 N–H and O–H groups in total. The van der Waals surface area contributed by atoms with Gasteiger partial charge in [-0.05, 0) is 43.7 Å². The summed E-state index contributed by atoms with van der Waals surface area (Å²) < 4.78 is 5.48. The minimum absolute atomic E-state index is 0.00237. The Balaban J connectivity index is 1.82.